The smallest absolute Gasteiger partial charge is 0.135 e. The quantitative estimate of drug-likeness (QED) is 0.708. The molecule has 1 aromatic carbocycles. The SMILES string of the molecule is COc1ccc(-c2csc(C3=C(O)CN(CCCN4CCN(C)CC4)C3=N)n2)cc1. The van der Waals surface area contributed by atoms with Crippen LogP contribution in [0, 0.1) is 5.41 Å². The Morgan fingerprint density at radius 2 is 1.87 bits per heavy atom. The minimum Gasteiger partial charge on any atom is -0.510 e. The monoisotopic (exact) mass is 427 g/mol. The molecule has 2 aromatic rings. The van der Waals surface area contributed by atoms with E-state index in [4.69, 9.17) is 15.1 Å². The Kier molecular flexibility index (Phi) is 6.36. The summed E-state index contributed by atoms with van der Waals surface area (Å²) in [7, 11) is 3.81. The maximum atomic E-state index is 10.5. The zero-order valence-electron chi connectivity index (χ0n) is 17.6. The number of nitrogens with zero attached hydrogens (tertiary/aromatic N) is 4. The lowest BCUT2D eigenvalue weighted by atomic mass is 10.1. The second-order valence-corrected chi connectivity index (χ2v) is 8.71. The summed E-state index contributed by atoms with van der Waals surface area (Å²) in [4.78, 5) is 11.5. The number of likely N-dealkylation sites (N-methyl/N-ethyl adjacent to an activating group) is 1. The molecule has 2 aliphatic rings. The molecule has 0 saturated carbocycles. The molecule has 3 heterocycles. The molecule has 2 N–H and O–H groups in total. The van der Waals surface area contributed by atoms with Crippen molar-refractivity contribution in [1.29, 1.82) is 5.41 Å². The Morgan fingerprint density at radius 3 is 2.57 bits per heavy atom. The van der Waals surface area contributed by atoms with Gasteiger partial charge in [0.2, 0.25) is 0 Å². The van der Waals surface area contributed by atoms with Crippen molar-refractivity contribution in [2.24, 2.45) is 0 Å². The van der Waals surface area contributed by atoms with Crippen LogP contribution in [-0.4, -0.2) is 90.6 Å². The number of ether oxygens (including phenoxy) is 1. The first-order valence-corrected chi connectivity index (χ1v) is 11.2. The van der Waals surface area contributed by atoms with Gasteiger partial charge in [-0.2, -0.15) is 0 Å². The first-order chi connectivity index (χ1) is 14.5. The van der Waals surface area contributed by atoms with E-state index in [2.05, 4.69) is 16.8 Å². The first kappa shape index (κ1) is 20.8. The Morgan fingerprint density at radius 1 is 1.13 bits per heavy atom. The second-order valence-electron chi connectivity index (χ2n) is 7.86. The molecule has 160 valence electrons. The van der Waals surface area contributed by atoms with Crippen molar-refractivity contribution in [1.82, 2.24) is 19.7 Å². The van der Waals surface area contributed by atoms with Crippen LogP contribution in [0.25, 0.3) is 16.8 Å². The molecule has 0 aliphatic carbocycles. The minimum absolute atomic E-state index is 0.246. The van der Waals surface area contributed by atoms with Crippen LogP contribution in [0.5, 0.6) is 5.75 Å². The molecule has 0 amide bonds. The predicted octanol–water partition coefficient (Wildman–Crippen LogP) is 3.02. The van der Waals surface area contributed by atoms with E-state index < -0.39 is 0 Å². The van der Waals surface area contributed by atoms with Crippen LogP contribution in [-0.2, 0) is 0 Å². The van der Waals surface area contributed by atoms with Gasteiger partial charge in [0.15, 0.2) is 0 Å². The van der Waals surface area contributed by atoms with E-state index in [1.54, 1.807) is 7.11 Å². The average Bonchev–Trinajstić information content (AvgIpc) is 3.34. The van der Waals surface area contributed by atoms with E-state index in [0.29, 0.717) is 23.0 Å². The van der Waals surface area contributed by atoms with E-state index in [1.807, 2.05) is 34.5 Å². The second kappa shape index (κ2) is 9.16. The van der Waals surface area contributed by atoms with Crippen LogP contribution in [0.3, 0.4) is 0 Å². The molecule has 0 bridgehead atoms. The third-order valence-electron chi connectivity index (χ3n) is 5.78. The molecule has 0 radical (unpaired) electrons. The van der Waals surface area contributed by atoms with E-state index in [0.717, 1.165) is 62.7 Å². The molecule has 1 aromatic heterocycles. The standard InChI is InChI=1S/C22H29N5O2S/c1-25-10-12-26(13-11-25)8-3-9-27-14-19(28)20(21(27)23)22-24-18(15-30-22)16-4-6-17(29-2)7-5-16/h4-7,15,23,28H,3,8-14H2,1-2H3. The van der Waals surface area contributed by atoms with Crippen molar-refractivity contribution < 1.29 is 9.84 Å². The van der Waals surface area contributed by atoms with Crippen LogP contribution in [0.1, 0.15) is 11.4 Å². The lowest BCUT2D eigenvalue weighted by Gasteiger charge is -2.32. The highest BCUT2D eigenvalue weighted by molar-refractivity contribution is 7.11. The molecule has 0 spiro atoms. The summed E-state index contributed by atoms with van der Waals surface area (Å²) in [5.74, 6) is 1.43. The van der Waals surface area contributed by atoms with Gasteiger partial charge in [-0.25, -0.2) is 4.98 Å². The van der Waals surface area contributed by atoms with Gasteiger partial charge in [-0.15, -0.1) is 11.3 Å². The van der Waals surface area contributed by atoms with Gasteiger partial charge in [0.25, 0.3) is 0 Å². The van der Waals surface area contributed by atoms with E-state index >= 15 is 0 Å². The number of piperazine rings is 1. The molecule has 1 saturated heterocycles. The lowest BCUT2D eigenvalue weighted by molar-refractivity contribution is 0.150. The van der Waals surface area contributed by atoms with Crippen molar-refractivity contribution in [2.45, 2.75) is 6.42 Å². The Labute approximate surface area is 181 Å². The number of nitrogens with one attached hydrogen (secondary N) is 1. The van der Waals surface area contributed by atoms with Crippen LogP contribution >= 0.6 is 11.3 Å². The molecular formula is C22H29N5O2S. The summed E-state index contributed by atoms with van der Waals surface area (Å²) in [5.41, 5.74) is 2.41. The fourth-order valence-electron chi connectivity index (χ4n) is 3.89. The van der Waals surface area contributed by atoms with E-state index in [9.17, 15) is 5.11 Å². The van der Waals surface area contributed by atoms with Crippen LogP contribution in [0.2, 0.25) is 0 Å². The number of methoxy groups -OCH3 is 1. The highest BCUT2D eigenvalue weighted by Crippen LogP contribution is 2.32. The zero-order valence-corrected chi connectivity index (χ0v) is 18.4. The van der Waals surface area contributed by atoms with Crippen molar-refractivity contribution in [3.05, 3.63) is 40.4 Å². The maximum Gasteiger partial charge on any atom is 0.135 e. The van der Waals surface area contributed by atoms with Crippen LogP contribution in [0.4, 0.5) is 0 Å². The number of aromatic nitrogens is 1. The fourth-order valence-corrected chi connectivity index (χ4v) is 4.78. The van der Waals surface area contributed by atoms with Gasteiger partial charge in [-0.3, -0.25) is 5.41 Å². The molecule has 1 fully saturated rings. The molecule has 7 nitrogen and oxygen atoms in total. The van der Waals surface area contributed by atoms with Gasteiger partial charge in [0, 0.05) is 43.7 Å². The highest BCUT2D eigenvalue weighted by atomic mass is 32.1. The number of aliphatic hydroxyl groups excluding tert-OH is 1. The summed E-state index contributed by atoms with van der Waals surface area (Å²) in [6, 6.07) is 7.75. The molecular weight excluding hydrogens is 398 g/mol. The number of amidine groups is 1. The normalized spacial score (nSPS) is 18.5. The topological polar surface area (TPSA) is 75.9 Å². The third kappa shape index (κ3) is 4.50. The molecule has 0 atom stereocenters. The molecule has 2 aliphatic heterocycles. The van der Waals surface area contributed by atoms with Gasteiger partial charge >= 0.3 is 0 Å². The third-order valence-corrected chi connectivity index (χ3v) is 6.64. The van der Waals surface area contributed by atoms with Crippen LogP contribution < -0.4 is 4.74 Å². The first-order valence-electron chi connectivity index (χ1n) is 10.3. The van der Waals surface area contributed by atoms with Gasteiger partial charge in [0.1, 0.15) is 22.4 Å². The molecule has 0 unspecified atom stereocenters. The largest absolute Gasteiger partial charge is 0.510 e. The lowest BCUT2D eigenvalue weighted by Crippen LogP contribution is -2.45. The van der Waals surface area contributed by atoms with Crippen molar-refractivity contribution in [3.63, 3.8) is 0 Å². The number of hydrogen-bond donors (Lipinski definition) is 2. The fraction of sp³-hybridized carbons (Fsp3) is 0.455. The molecule has 30 heavy (non-hydrogen) atoms. The number of rotatable bonds is 7. The van der Waals surface area contributed by atoms with Gasteiger partial charge < -0.3 is 24.5 Å². The average molecular weight is 428 g/mol. The Hall–Kier alpha value is -2.42. The Balaban J connectivity index is 1.36. The van der Waals surface area contributed by atoms with E-state index in [-0.39, 0.29) is 5.76 Å². The maximum absolute atomic E-state index is 10.5. The van der Waals surface area contributed by atoms with Crippen molar-refractivity contribution in [2.75, 3.05) is 60.0 Å². The summed E-state index contributed by atoms with van der Waals surface area (Å²) in [6.45, 7) is 6.65. The van der Waals surface area contributed by atoms with Gasteiger partial charge in [0.05, 0.1) is 24.9 Å². The Bertz CT molecular complexity index is 916. The summed E-state index contributed by atoms with van der Waals surface area (Å²) < 4.78 is 5.21. The number of benzene rings is 1. The summed E-state index contributed by atoms with van der Waals surface area (Å²) in [6.07, 6.45) is 0.988. The number of hydrogen-bond acceptors (Lipinski definition) is 7. The molecule has 8 heteroatoms. The van der Waals surface area contributed by atoms with Gasteiger partial charge in [-0.1, -0.05) is 0 Å². The highest BCUT2D eigenvalue weighted by Gasteiger charge is 2.30. The van der Waals surface area contributed by atoms with Gasteiger partial charge in [-0.05, 0) is 44.3 Å². The summed E-state index contributed by atoms with van der Waals surface area (Å²) >= 11 is 1.47. The minimum atomic E-state index is 0.246. The van der Waals surface area contributed by atoms with Crippen molar-refractivity contribution >= 4 is 22.7 Å². The van der Waals surface area contributed by atoms with Crippen molar-refractivity contribution in [3.8, 4) is 17.0 Å². The molecule has 4 rings (SSSR count). The van der Waals surface area contributed by atoms with Crippen LogP contribution in [0.15, 0.2) is 35.4 Å². The zero-order chi connectivity index (χ0) is 21.1. The number of aliphatic hydroxyl groups is 1. The predicted molar refractivity (Wildman–Crippen MR) is 122 cm³/mol. The van der Waals surface area contributed by atoms with E-state index in [1.165, 1.54) is 11.3 Å². The summed E-state index contributed by atoms with van der Waals surface area (Å²) in [5, 5.41) is 21.8. The number of thiazole rings is 1.